The predicted octanol–water partition coefficient (Wildman–Crippen LogP) is 4.55. The Morgan fingerprint density at radius 2 is 1.85 bits per heavy atom. The Kier molecular flexibility index (Phi) is 8.32. The summed E-state index contributed by atoms with van der Waals surface area (Å²) < 4.78 is 12.2. The van der Waals surface area contributed by atoms with Crippen molar-refractivity contribution in [2.45, 2.75) is 27.3 Å². The third-order valence-electron chi connectivity index (χ3n) is 4.99. The van der Waals surface area contributed by atoms with E-state index in [1.165, 1.54) is 12.3 Å². The first-order valence-corrected chi connectivity index (χ1v) is 11.1. The Hall–Kier alpha value is -3.78. The van der Waals surface area contributed by atoms with Gasteiger partial charge in [0.15, 0.2) is 11.5 Å². The molecule has 0 radical (unpaired) electrons. The van der Waals surface area contributed by atoms with E-state index < -0.39 is 5.97 Å². The van der Waals surface area contributed by atoms with E-state index in [1.54, 1.807) is 48.7 Å². The summed E-state index contributed by atoms with van der Waals surface area (Å²) in [6, 6.07) is 13.6. The molecule has 3 aromatic rings. The quantitative estimate of drug-likeness (QED) is 0.264. The van der Waals surface area contributed by atoms with Gasteiger partial charge >= 0.3 is 5.97 Å². The van der Waals surface area contributed by atoms with Crippen LogP contribution in [-0.2, 0) is 16.1 Å². The summed E-state index contributed by atoms with van der Waals surface area (Å²) in [5.41, 5.74) is 5.60. The van der Waals surface area contributed by atoms with Crippen molar-refractivity contribution in [1.29, 1.82) is 0 Å². The number of benzene rings is 2. The van der Waals surface area contributed by atoms with Gasteiger partial charge in [0, 0.05) is 16.4 Å². The van der Waals surface area contributed by atoms with Crippen LogP contribution in [0.4, 0.5) is 0 Å². The molecule has 0 aliphatic heterocycles. The van der Waals surface area contributed by atoms with Crippen LogP contribution in [0.2, 0.25) is 5.02 Å². The Labute approximate surface area is 202 Å². The van der Waals surface area contributed by atoms with Crippen LogP contribution in [0.25, 0.3) is 11.3 Å². The van der Waals surface area contributed by atoms with Crippen LogP contribution in [0.5, 0.6) is 11.5 Å². The number of aromatic hydroxyl groups is 1. The standard InChI is InChI=1S/C25H26ClN3O5/c1-4-33-23-12-17(6-11-22(23)30)14-27-28-24(31)15-29-16(3)20(25(32)34-5-2)13-21(29)18-7-9-19(26)10-8-18/h6-14,30H,4-5,15H2,1-3H3,(H,28,31)/b27-14+. The monoisotopic (exact) mass is 483 g/mol. The number of hydrogen-bond donors (Lipinski definition) is 2. The van der Waals surface area contributed by atoms with Crippen molar-refractivity contribution in [2.24, 2.45) is 5.10 Å². The number of amides is 1. The molecule has 0 spiro atoms. The normalized spacial score (nSPS) is 10.9. The van der Waals surface area contributed by atoms with Crippen molar-refractivity contribution in [3.05, 3.63) is 70.4 Å². The highest BCUT2D eigenvalue weighted by Gasteiger charge is 2.21. The number of carbonyl (C=O) groups is 2. The lowest BCUT2D eigenvalue weighted by molar-refractivity contribution is -0.121. The smallest absolute Gasteiger partial charge is 0.339 e. The molecular formula is C25H26ClN3O5. The molecule has 0 unspecified atom stereocenters. The lowest BCUT2D eigenvalue weighted by Gasteiger charge is -2.11. The van der Waals surface area contributed by atoms with E-state index in [0.717, 1.165) is 5.56 Å². The number of esters is 1. The van der Waals surface area contributed by atoms with Gasteiger partial charge in [-0.15, -0.1) is 0 Å². The summed E-state index contributed by atoms with van der Waals surface area (Å²) in [6.07, 6.45) is 1.45. The first-order valence-electron chi connectivity index (χ1n) is 10.7. The molecule has 3 rings (SSSR count). The molecule has 0 aliphatic carbocycles. The summed E-state index contributed by atoms with van der Waals surface area (Å²) in [5.74, 6) is -0.479. The van der Waals surface area contributed by atoms with Gasteiger partial charge in [-0.2, -0.15) is 5.10 Å². The van der Waals surface area contributed by atoms with Crippen LogP contribution in [0.15, 0.2) is 53.6 Å². The van der Waals surface area contributed by atoms with Crippen molar-refractivity contribution in [1.82, 2.24) is 9.99 Å². The van der Waals surface area contributed by atoms with Gasteiger partial charge in [0.2, 0.25) is 0 Å². The van der Waals surface area contributed by atoms with E-state index in [4.69, 9.17) is 21.1 Å². The van der Waals surface area contributed by atoms with E-state index >= 15 is 0 Å². The van der Waals surface area contributed by atoms with Gasteiger partial charge in [-0.1, -0.05) is 23.7 Å². The SMILES string of the molecule is CCOC(=O)c1cc(-c2ccc(Cl)cc2)n(CC(=O)N/N=C/c2ccc(O)c(OCC)c2)c1C. The van der Waals surface area contributed by atoms with Crippen LogP contribution in [0.3, 0.4) is 0 Å². The molecule has 0 saturated carbocycles. The molecular weight excluding hydrogens is 458 g/mol. The molecule has 0 aliphatic rings. The molecule has 34 heavy (non-hydrogen) atoms. The lowest BCUT2D eigenvalue weighted by atomic mass is 10.1. The van der Waals surface area contributed by atoms with Crippen LogP contribution in [-0.4, -0.2) is 41.0 Å². The van der Waals surface area contributed by atoms with Gasteiger partial charge in [0.1, 0.15) is 6.54 Å². The summed E-state index contributed by atoms with van der Waals surface area (Å²) in [5, 5.41) is 14.4. The van der Waals surface area contributed by atoms with Crippen LogP contribution in [0.1, 0.15) is 35.5 Å². The molecule has 1 heterocycles. The highest BCUT2D eigenvalue weighted by atomic mass is 35.5. The van der Waals surface area contributed by atoms with E-state index in [1.807, 2.05) is 19.1 Å². The summed E-state index contributed by atoms with van der Waals surface area (Å²) >= 11 is 6.01. The third kappa shape index (κ3) is 5.96. The number of carbonyl (C=O) groups excluding carboxylic acids is 2. The molecule has 8 nitrogen and oxygen atoms in total. The van der Waals surface area contributed by atoms with Crippen molar-refractivity contribution < 1.29 is 24.2 Å². The van der Waals surface area contributed by atoms with Gasteiger partial charge in [-0.25, -0.2) is 10.2 Å². The van der Waals surface area contributed by atoms with Gasteiger partial charge < -0.3 is 19.1 Å². The van der Waals surface area contributed by atoms with Crippen molar-refractivity contribution in [3.63, 3.8) is 0 Å². The maximum absolute atomic E-state index is 12.7. The number of ether oxygens (including phenoxy) is 2. The van der Waals surface area contributed by atoms with Gasteiger partial charge in [-0.3, -0.25) is 4.79 Å². The average Bonchev–Trinajstić information content (AvgIpc) is 3.13. The topological polar surface area (TPSA) is 102 Å². The maximum Gasteiger partial charge on any atom is 0.339 e. The molecule has 2 aromatic carbocycles. The lowest BCUT2D eigenvalue weighted by Crippen LogP contribution is -2.24. The van der Waals surface area contributed by atoms with Gasteiger partial charge in [0.05, 0.1) is 25.0 Å². The summed E-state index contributed by atoms with van der Waals surface area (Å²) in [7, 11) is 0. The molecule has 1 amide bonds. The van der Waals surface area contributed by atoms with E-state index in [2.05, 4.69) is 10.5 Å². The fourth-order valence-corrected chi connectivity index (χ4v) is 3.49. The van der Waals surface area contributed by atoms with Gasteiger partial charge in [-0.05, 0) is 68.3 Å². The second-order valence-electron chi connectivity index (χ2n) is 7.30. The highest BCUT2D eigenvalue weighted by molar-refractivity contribution is 6.30. The average molecular weight is 484 g/mol. The Morgan fingerprint density at radius 1 is 1.12 bits per heavy atom. The Bertz CT molecular complexity index is 1200. The third-order valence-corrected chi connectivity index (χ3v) is 5.24. The van der Waals surface area contributed by atoms with Crippen LogP contribution in [0, 0.1) is 6.92 Å². The zero-order valence-corrected chi connectivity index (χ0v) is 19.9. The number of phenolic OH excluding ortho intramolecular Hbond substituents is 1. The maximum atomic E-state index is 12.7. The number of hydrogen-bond acceptors (Lipinski definition) is 6. The molecule has 0 saturated heterocycles. The number of nitrogens with one attached hydrogen (secondary N) is 1. The predicted molar refractivity (Wildman–Crippen MR) is 131 cm³/mol. The number of nitrogens with zero attached hydrogens (tertiary/aromatic N) is 2. The van der Waals surface area contributed by atoms with E-state index in [9.17, 15) is 14.7 Å². The van der Waals surface area contributed by atoms with Crippen molar-refractivity contribution >= 4 is 29.7 Å². The first kappa shape index (κ1) is 24.9. The number of halogens is 1. The fraction of sp³-hybridized carbons (Fsp3) is 0.240. The molecule has 9 heteroatoms. The summed E-state index contributed by atoms with van der Waals surface area (Å²) in [4.78, 5) is 25.1. The Morgan fingerprint density at radius 3 is 2.53 bits per heavy atom. The van der Waals surface area contributed by atoms with E-state index in [0.29, 0.717) is 39.9 Å². The highest BCUT2D eigenvalue weighted by Crippen LogP contribution is 2.28. The Balaban J connectivity index is 1.81. The number of aromatic nitrogens is 1. The zero-order chi connectivity index (χ0) is 24.7. The second-order valence-corrected chi connectivity index (χ2v) is 7.73. The minimum Gasteiger partial charge on any atom is -0.504 e. The number of phenols is 1. The minimum atomic E-state index is -0.454. The summed E-state index contributed by atoms with van der Waals surface area (Å²) in [6.45, 7) is 5.90. The first-order chi connectivity index (χ1) is 16.3. The molecule has 2 N–H and O–H groups in total. The van der Waals surface area contributed by atoms with Gasteiger partial charge in [0.25, 0.3) is 5.91 Å². The molecule has 0 atom stereocenters. The van der Waals surface area contributed by atoms with Crippen LogP contribution < -0.4 is 10.2 Å². The zero-order valence-electron chi connectivity index (χ0n) is 19.2. The second kappa shape index (κ2) is 11.4. The largest absolute Gasteiger partial charge is 0.504 e. The van der Waals surface area contributed by atoms with Crippen molar-refractivity contribution in [3.8, 4) is 22.8 Å². The molecule has 0 fully saturated rings. The number of rotatable bonds is 9. The number of hydrazone groups is 1. The molecule has 178 valence electrons. The molecule has 0 bridgehead atoms. The molecule has 1 aromatic heterocycles. The van der Waals surface area contributed by atoms with Crippen molar-refractivity contribution in [2.75, 3.05) is 13.2 Å². The fourth-order valence-electron chi connectivity index (χ4n) is 3.36. The van der Waals surface area contributed by atoms with E-state index in [-0.39, 0.29) is 24.8 Å². The minimum absolute atomic E-state index is 0.0262. The van der Waals surface area contributed by atoms with Crippen LogP contribution >= 0.6 is 11.6 Å².